The van der Waals surface area contributed by atoms with Crippen molar-refractivity contribution < 1.29 is 9.53 Å². The highest BCUT2D eigenvalue weighted by Crippen LogP contribution is 2.14. The second-order valence-electron chi connectivity index (χ2n) is 3.47. The molecule has 1 heterocycles. The minimum Gasteiger partial charge on any atom is -0.468 e. The molecule has 0 bridgehead atoms. The third-order valence-corrected chi connectivity index (χ3v) is 2.44. The molecule has 0 aromatic carbocycles. The molecule has 8 heteroatoms. The number of hydrogen-bond acceptors (Lipinski definition) is 5. The molecule has 8 nitrogen and oxygen atoms in total. The van der Waals surface area contributed by atoms with Crippen molar-refractivity contribution in [3.8, 4) is 0 Å². The fraction of sp³-hybridized carbons (Fsp3) is 0.600. The van der Waals surface area contributed by atoms with Crippen molar-refractivity contribution >= 4 is 5.97 Å². The van der Waals surface area contributed by atoms with Crippen LogP contribution in [0.2, 0.25) is 0 Å². The number of esters is 1. The number of imidazole rings is 1. The van der Waals surface area contributed by atoms with Gasteiger partial charge in [0, 0.05) is 24.5 Å². The number of azide groups is 1. The summed E-state index contributed by atoms with van der Waals surface area (Å²) in [5.41, 5.74) is 8.90. The number of rotatable bonds is 7. The fourth-order valence-corrected chi connectivity index (χ4v) is 1.57. The lowest BCUT2D eigenvalue weighted by atomic mass is 10.2. The second-order valence-corrected chi connectivity index (χ2v) is 3.47. The SMILES string of the molecule is CCn1cncc1C(NCCN=[N+]=[N-])C(=O)OC. The Kier molecular flexibility index (Phi) is 5.69. The number of aromatic nitrogens is 2. The molecule has 1 atom stereocenters. The van der Waals surface area contributed by atoms with Crippen LogP contribution in [0.3, 0.4) is 0 Å². The summed E-state index contributed by atoms with van der Waals surface area (Å²) in [5, 5.41) is 6.38. The normalized spacial score (nSPS) is 11.7. The fourth-order valence-electron chi connectivity index (χ4n) is 1.57. The molecule has 0 aliphatic rings. The standard InChI is InChI=1S/C10H16N6O2/c1-3-16-7-12-6-8(16)9(10(17)18-2)13-4-5-14-15-11/h6-7,9,13H,3-5H2,1-2H3. The molecule has 0 saturated carbocycles. The molecular weight excluding hydrogens is 236 g/mol. The van der Waals surface area contributed by atoms with Crippen LogP contribution in [0.5, 0.6) is 0 Å². The summed E-state index contributed by atoms with van der Waals surface area (Å²) in [4.78, 5) is 18.4. The average Bonchev–Trinajstić information content (AvgIpc) is 2.86. The van der Waals surface area contributed by atoms with Gasteiger partial charge in [-0.1, -0.05) is 5.11 Å². The van der Waals surface area contributed by atoms with Crippen molar-refractivity contribution in [2.75, 3.05) is 20.2 Å². The van der Waals surface area contributed by atoms with Gasteiger partial charge in [0.25, 0.3) is 0 Å². The van der Waals surface area contributed by atoms with Gasteiger partial charge in [-0.3, -0.25) is 5.32 Å². The number of aryl methyl sites for hydroxylation is 1. The molecule has 1 unspecified atom stereocenters. The molecule has 1 rings (SSSR count). The van der Waals surface area contributed by atoms with Gasteiger partial charge in [0.05, 0.1) is 25.3 Å². The number of nitrogens with zero attached hydrogens (tertiary/aromatic N) is 5. The zero-order valence-electron chi connectivity index (χ0n) is 10.4. The molecule has 1 N–H and O–H groups in total. The Hall–Kier alpha value is -2.05. The summed E-state index contributed by atoms with van der Waals surface area (Å²) in [5.74, 6) is -0.397. The summed E-state index contributed by atoms with van der Waals surface area (Å²) < 4.78 is 6.60. The van der Waals surface area contributed by atoms with Crippen molar-refractivity contribution in [2.24, 2.45) is 5.11 Å². The number of hydrogen-bond donors (Lipinski definition) is 1. The van der Waals surface area contributed by atoms with Crippen LogP contribution in [0.25, 0.3) is 10.4 Å². The van der Waals surface area contributed by atoms with Crippen LogP contribution in [0.15, 0.2) is 17.6 Å². The number of methoxy groups -OCH3 is 1. The minimum absolute atomic E-state index is 0.268. The Labute approximate surface area is 105 Å². The Morgan fingerprint density at radius 1 is 1.78 bits per heavy atom. The summed E-state index contributed by atoms with van der Waals surface area (Å²) in [6.07, 6.45) is 3.27. The quantitative estimate of drug-likeness (QED) is 0.257. The molecule has 0 aliphatic carbocycles. The number of carbonyl (C=O) groups excluding carboxylic acids is 1. The third-order valence-electron chi connectivity index (χ3n) is 2.44. The molecule has 0 saturated heterocycles. The van der Waals surface area contributed by atoms with Crippen molar-refractivity contribution in [1.29, 1.82) is 0 Å². The lowest BCUT2D eigenvalue weighted by Crippen LogP contribution is -2.33. The first-order valence-electron chi connectivity index (χ1n) is 5.56. The zero-order chi connectivity index (χ0) is 13.4. The highest BCUT2D eigenvalue weighted by atomic mass is 16.5. The van der Waals surface area contributed by atoms with Gasteiger partial charge in [-0.05, 0) is 12.5 Å². The first-order chi connectivity index (χ1) is 8.74. The third kappa shape index (κ3) is 3.47. The minimum atomic E-state index is -0.605. The van der Waals surface area contributed by atoms with E-state index < -0.39 is 12.0 Å². The van der Waals surface area contributed by atoms with Crippen LogP contribution in [-0.2, 0) is 16.1 Å². The van der Waals surface area contributed by atoms with Crippen LogP contribution in [0.1, 0.15) is 18.7 Å². The van der Waals surface area contributed by atoms with E-state index in [1.807, 2.05) is 11.5 Å². The Bertz CT molecular complexity index is 437. The first kappa shape index (κ1) is 14.0. The maximum absolute atomic E-state index is 11.7. The second kappa shape index (κ2) is 7.31. The van der Waals surface area contributed by atoms with Crippen molar-refractivity contribution in [3.05, 3.63) is 28.7 Å². The van der Waals surface area contributed by atoms with Gasteiger partial charge in [-0.15, -0.1) is 0 Å². The molecule has 0 spiro atoms. The maximum Gasteiger partial charge on any atom is 0.329 e. The highest BCUT2D eigenvalue weighted by Gasteiger charge is 2.23. The van der Waals surface area contributed by atoms with Crippen LogP contribution in [0, 0.1) is 0 Å². The van der Waals surface area contributed by atoms with Gasteiger partial charge in [0.15, 0.2) is 0 Å². The van der Waals surface area contributed by atoms with E-state index in [0.717, 1.165) is 5.69 Å². The molecule has 1 aromatic heterocycles. The summed E-state index contributed by atoms with van der Waals surface area (Å²) in [6.45, 7) is 3.32. The highest BCUT2D eigenvalue weighted by molar-refractivity contribution is 5.76. The maximum atomic E-state index is 11.7. The molecule has 0 amide bonds. The van der Waals surface area contributed by atoms with E-state index in [0.29, 0.717) is 13.1 Å². The van der Waals surface area contributed by atoms with Crippen LogP contribution in [0.4, 0.5) is 0 Å². The monoisotopic (exact) mass is 252 g/mol. The smallest absolute Gasteiger partial charge is 0.329 e. The first-order valence-corrected chi connectivity index (χ1v) is 5.56. The number of nitrogens with one attached hydrogen (secondary N) is 1. The van der Waals surface area contributed by atoms with Gasteiger partial charge in [0.2, 0.25) is 0 Å². The van der Waals surface area contributed by atoms with Crippen LogP contribution in [-0.4, -0.2) is 35.7 Å². The molecule has 98 valence electrons. The number of ether oxygens (including phenoxy) is 1. The van der Waals surface area contributed by atoms with Crippen LogP contribution < -0.4 is 5.32 Å². The van der Waals surface area contributed by atoms with E-state index in [9.17, 15) is 4.79 Å². The van der Waals surface area contributed by atoms with Gasteiger partial charge < -0.3 is 9.30 Å². The van der Waals surface area contributed by atoms with Crippen LogP contribution >= 0.6 is 0 Å². The molecule has 0 fully saturated rings. The van der Waals surface area contributed by atoms with E-state index in [1.165, 1.54) is 7.11 Å². The summed E-state index contributed by atoms with van der Waals surface area (Å²) in [7, 11) is 1.33. The molecule has 0 aliphatic heterocycles. The van der Waals surface area contributed by atoms with Gasteiger partial charge in [-0.25, -0.2) is 9.78 Å². The van der Waals surface area contributed by atoms with E-state index >= 15 is 0 Å². The summed E-state index contributed by atoms with van der Waals surface area (Å²) >= 11 is 0. The van der Waals surface area contributed by atoms with E-state index in [2.05, 4.69) is 20.3 Å². The lowest BCUT2D eigenvalue weighted by Gasteiger charge is -2.17. The van der Waals surface area contributed by atoms with Crippen molar-refractivity contribution in [1.82, 2.24) is 14.9 Å². The topological polar surface area (TPSA) is 105 Å². The van der Waals surface area contributed by atoms with Crippen molar-refractivity contribution in [3.63, 3.8) is 0 Å². The Morgan fingerprint density at radius 2 is 2.56 bits per heavy atom. The Balaban J connectivity index is 2.78. The molecule has 1 aromatic rings. The van der Waals surface area contributed by atoms with E-state index in [4.69, 9.17) is 10.3 Å². The van der Waals surface area contributed by atoms with Gasteiger partial charge >= 0.3 is 5.97 Å². The van der Waals surface area contributed by atoms with Crippen molar-refractivity contribution in [2.45, 2.75) is 19.5 Å². The van der Waals surface area contributed by atoms with E-state index in [-0.39, 0.29) is 6.54 Å². The zero-order valence-corrected chi connectivity index (χ0v) is 10.4. The molecular formula is C10H16N6O2. The molecule has 0 radical (unpaired) electrons. The Morgan fingerprint density at radius 3 is 3.17 bits per heavy atom. The largest absolute Gasteiger partial charge is 0.468 e. The molecule has 18 heavy (non-hydrogen) atoms. The van der Waals surface area contributed by atoms with E-state index in [1.54, 1.807) is 12.5 Å². The number of carbonyl (C=O) groups is 1. The van der Waals surface area contributed by atoms with Gasteiger partial charge in [0.1, 0.15) is 6.04 Å². The predicted molar refractivity (Wildman–Crippen MR) is 64.7 cm³/mol. The lowest BCUT2D eigenvalue weighted by molar-refractivity contribution is -0.143. The summed E-state index contributed by atoms with van der Waals surface area (Å²) in [6, 6.07) is -0.605. The van der Waals surface area contributed by atoms with Gasteiger partial charge in [-0.2, -0.15) is 0 Å². The average molecular weight is 252 g/mol. The predicted octanol–water partition coefficient (Wildman–Crippen LogP) is 1.02.